The second-order valence-corrected chi connectivity index (χ2v) is 10.3. The van der Waals surface area contributed by atoms with Crippen molar-refractivity contribution in [1.82, 2.24) is 4.90 Å². The molecule has 0 aromatic heterocycles. The lowest BCUT2D eigenvalue weighted by Gasteiger charge is -2.47. The highest BCUT2D eigenvalue weighted by atomic mass is 19.1. The Hall–Kier alpha value is -3.67. The Labute approximate surface area is 216 Å². The maximum absolute atomic E-state index is 14.6. The van der Waals surface area contributed by atoms with E-state index in [9.17, 15) is 14.0 Å². The van der Waals surface area contributed by atoms with E-state index in [1.807, 2.05) is 29.2 Å². The molecule has 2 bridgehead atoms. The van der Waals surface area contributed by atoms with Gasteiger partial charge in [0.2, 0.25) is 0 Å². The Bertz CT molecular complexity index is 1300. The van der Waals surface area contributed by atoms with Crippen LogP contribution in [0.15, 0.2) is 66.7 Å². The molecule has 2 unspecified atom stereocenters. The normalized spacial score (nSPS) is 22.2. The Morgan fingerprint density at radius 1 is 0.892 bits per heavy atom. The molecule has 3 aromatic rings. The lowest BCUT2D eigenvalue weighted by molar-refractivity contribution is 0.00636. The molecule has 2 atom stereocenters. The minimum Gasteiger partial charge on any atom is -0.496 e. The van der Waals surface area contributed by atoms with Gasteiger partial charge in [0.05, 0.1) is 12.7 Å². The molecule has 3 aromatic carbocycles. The summed E-state index contributed by atoms with van der Waals surface area (Å²) in [5.41, 5.74) is 4.76. The molecule has 0 N–H and O–H groups in total. The van der Waals surface area contributed by atoms with Gasteiger partial charge < -0.3 is 14.4 Å². The van der Waals surface area contributed by atoms with Gasteiger partial charge in [-0.25, -0.2) is 9.18 Å². The van der Waals surface area contributed by atoms with E-state index < -0.39 is 5.82 Å². The van der Waals surface area contributed by atoms with Crippen molar-refractivity contribution in [3.63, 3.8) is 0 Å². The number of ether oxygens (including phenoxy) is 2. The Morgan fingerprint density at radius 3 is 2.14 bits per heavy atom. The van der Waals surface area contributed by atoms with Crippen LogP contribution in [0.2, 0.25) is 0 Å². The summed E-state index contributed by atoms with van der Waals surface area (Å²) < 4.78 is 25.9. The maximum Gasteiger partial charge on any atom is 0.410 e. The van der Waals surface area contributed by atoms with E-state index in [1.165, 1.54) is 35.4 Å². The SMILES string of the molecule is COc1cccc(F)c1C(=O)C1CC2CCCC(C1)N2C(=O)OCC1c2ccccc2-c2ccccc21. The number of rotatable bonds is 5. The van der Waals surface area contributed by atoms with Crippen LogP contribution in [0.4, 0.5) is 9.18 Å². The second kappa shape index (κ2) is 9.66. The van der Waals surface area contributed by atoms with E-state index in [4.69, 9.17) is 9.47 Å². The van der Waals surface area contributed by atoms with Crippen molar-refractivity contribution in [3.05, 3.63) is 89.2 Å². The molecule has 1 aliphatic carbocycles. The van der Waals surface area contributed by atoms with E-state index in [-0.39, 0.29) is 53.7 Å². The zero-order valence-electron chi connectivity index (χ0n) is 20.9. The van der Waals surface area contributed by atoms with Crippen LogP contribution in [0.5, 0.6) is 5.75 Å². The number of fused-ring (bicyclic) bond motifs is 5. The third kappa shape index (κ3) is 4.08. The number of benzene rings is 3. The van der Waals surface area contributed by atoms with E-state index >= 15 is 0 Å². The number of piperidine rings is 2. The average Bonchev–Trinajstić information content (AvgIpc) is 3.24. The van der Waals surface area contributed by atoms with E-state index in [1.54, 1.807) is 12.1 Å². The molecule has 0 radical (unpaired) electrons. The highest BCUT2D eigenvalue weighted by molar-refractivity contribution is 6.00. The smallest absolute Gasteiger partial charge is 0.410 e. The highest BCUT2D eigenvalue weighted by Crippen LogP contribution is 2.45. The topological polar surface area (TPSA) is 55.8 Å². The first-order valence-corrected chi connectivity index (χ1v) is 13.1. The van der Waals surface area contributed by atoms with Crippen molar-refractivity contribution in [2.75, 3.05) is 13.7 Å². The maximum atomic E-state index is 14.6. The summed E-state index contributed by atoms with van der Waals surface area (Å²) in [5.74, 6) is -0.885. The van der Waals surface area contributed by atoms with Crippen molar-refractivity contribution in [3.8, 4) is 16.9 Å². The monoisotopic (exact) mass is 499 g/mol. The van der Waals surface area contributed by atoms with Crippen LogP contribution >= 0.6 is 0 Å². The predicted octanol–water partition coefficient (Wildman–Crippen LogP) is 6.60. The Kier molecular flexibility index (Phi) is 6.19. The van der Waals surface area contributed by atoms with Crippen molar-refractivity contribution >= 4 is 11.9 Å². The van der Waals surface area contributed by atoms with Crippen LogP contribution in [0.1, 0.15) is 59.5 Å². The molecule has 1 amide bonds. The average molecular weight is 500 g/mol. The summed E-state index contributed by atoms with van der Waals surface area (Å²) >= 11 is 0. The number of hydrogen-bond donors (Lipinski definition) is 0. The number of carbonyl (C=O) groups is 2. The van der Waals surface area contributed by atoms with Gasteiger partial charge in [0, 0.05) is 23.9 Å². The number of methoxy groups -OCH3 is 1. The summed E-state index contributed by atoms with van der Waals surface area (Å²) in [4.78, 5) is 28.7. The van der Waals surface area contributed by atoms with Crippen LogP contribution in [0.25, 0.3) is 11.1 Å². The summed E-state index contributed by atoms with van der Waals surface area (Å²) in [5, 5.41) is 0. The molecule has 37 heavy (non-hydrogen) atoms. The lowest BCUT2D eigenvalue weighted by atomic mass is 9.75. The van der Waals surface area contributed by atoms with Crippen molar-refractivity contribution in [2.45, 2.75) is 50.1 Å². The van der Waals surface area contributed by atoms with Gasteiger partial charge in [0.25, 0.3) is 0 Å². The molecule has 0 saturated carbocycles. The summed E-state index contributed by atoms with van der Waals surface area (Å²) in [6.45, 7) is 0.275. The first kappa shape index (κ1) is 23.7. The first-order valence-electron chi connectivity index (χ1n) is 13.1. The molecule has 2 aliphatic heterocycles. The number of nitrogens with zero attached hydrogens (tertiary/aromatic N) is 1. The van der Waals surface area contributed by atoms with Crippen molar-refractivity contribution < 1.29 is 23.5 Å². The molecule has 190 valence electrons. The molecule has 0 spiro atoms. The minimum absolute atomic E-state index is 0.00354. The molecule has 5 nitrogen and oxygen atoms in total. The zero-order valence-corrected chi connectivity index (χ0v) is 20.9. The van der Waals surface area contributed by atoms with Crippen molar-refractivity contribution in [2.24, 2.45) is 5.92 Å². The minimum atomic E-state index is -0.562. The van der Waals surface area contributed by atoms with Gasteiger partial charge in [0.15, 0.2) is 5.78 Å². The van der Waals surface area contributed by atoms with Gasteiger partial charge in [-0.15, -0.1) is 0 Å². The number of Topliss-reactive ketones (excluding diaryl/α,β-unsaturated/α-hetero) is 1. The van der Waals surface area contributed by atoms with Crippen LogP contribution in [-0.4, -0.2) is 42.6 Å². The molecule has 2 saturated heterocycles. The number of ketones is 1. The van der Waals surface area contributed by atoms with Crippen LogP contribution in [0.3, 0.4) is 0 Å². The van der Waals surface area contributed by atoms with Crippen LogP contribution in [-0.2, 0) is 4.74 Å². The fourth-order valence-electron chi connectivity index (χ4n) is 6.68. The van der Waals surface area contributed by atoms with Crippen LogP contribution < -0.4 is 4.74 Å². The van der Waals surface area contributed by atoms with E-state index in [0.29, 0.717) is 12.8 Å². The standard InChI is InChI=1S/C31H30FNO4/c1-36-28-15-7-14-27(32)29(28)30(34)19-16-20-8-6-9-21(17-19)33(20)31(35)37-18-26-24-12-4-2-10-22(24)23-11-3-5-13-25(23)26/h2-5,7,10-15,19-21,26H,6,8-9,16-18H2,1H3. The lowest BCUT2D eigenvalue weighted by Crippen LogP contribution is -2.56. The zero-order chi connectivity index (χ0) is 25.5. The quantitative estimate of drug-likeness (QED) is 0.371. The van der Waals surface area contributed by atoms with E-state index in [2.05, 4.69) is 24.3 Å². The van der Waals surface area contributed by atoms with Gasteiger partial charge in [-0.3, -0.25) is 4.79 Å². The van der Waals surface area contributed by atoms with Gasteiger partial charge >= 0.3 is 6.09 Å². The molecule has 2 fully saturated rings. The van der Waals surface area contributed by atoms with Gasteiger partial charge in [-0.1, -0.05) is 54.6 Å². The molecule has 2 heterocycles. The molecule has 6 heteroatoms. The molecule has 6 rings (SSSR count). The summed E-state index contributed by atoms with van der Waals surface area (Å²) in [6.07, 6.45) is 3.35. The first-order chi connectivity index (χ1) is 18.1. The molecular formula is C31H30FNO4. The number of halogens is 1. The Balaban J connectivity index is 1.18. The van der Waals surface area contributed by atoms with E-state index in [0.717, 1.165) is 19.3 Å². The molecular weight excluding hydrogens is 469 g/mol. The number of hydrogen-bond acceptors (Lipinski definition) is 4. The largest absolute Gasteiger partial charge is 0.496 e. The summed E-state index contributed by atoms with van der Waals surface area (Å²) in [7, 11) is 1.44. The van der Waals surface area contributed by atoms with Crippen molar-refractivity contribution in [1.29, 1.82) is 0 Å². The third-order valence-corrected chi connectivity index (χ3v) is 8.33. The third-order valence-electron chi connectivity index (χ3n) is 8.33. The van der Waals surface area contributed by atoms with Gasteiger partial charge in [-0.05, 0) is 66.5 Å². The highest BCUT2D eigenvalue weighted by Gasteiger charge is 2.45. The van der Waals surface area contributed by atoms with Gasteiger partial charge in [-0.2, -0.15) is 0 Å². The Morgan fingerprint density at radius 2 is 1.51 bits per heavy atom. The van der Waals surface area contributed by atoms with Gasteiger partial charge in [0.1, 0.15) is 18.2 Å². The van der Waals surface area contributed by atoms with Crippen LogP contribution in [0, 0.1) is 11.7 Å². The predicted molar refractivity (Wildman–Crippen MR) is 138 cm³/mol. The fourth-order valence-corrected chi connectivity index (χ4v) is 6.68. The number of carbonyl (C=O) groups excluding carboxylic acids is 2. The molecule has 3 aliphatic rings. The number of amides is 1. The fraction of sp³-hybridized carbons (Fsp3) is 0.355. The summed E-state index contributed by atoms with van der Waals surface area (Å²) in [6, 6.07) is 20.8. The second-order valence-electron chi connectivity index (χ2n) is 10.3.